The summed E-state index contributed by atoms with van der Waals surface area (Å²) in [6.45, 7) is 4.31. The molecule has 1 atom stereocenters. The number of piperidine rings is 1. The number of hydrogen-bond acceptors (Lipinski definition) is 8. The van der Waals surface area contributed by atoms with Gasteiger partial charge >= 0.3 is 0 Å². The highest BCUT2D eigenvalue weighted by Crippen LogP contribution is 2.28. The Morgan fingerprint density at radius 1 is 1.08 bits per heavy atom. The number of fused-ring (bicyclic) bond motifs is 1. The van der Waals surface area contributed by atoms with Gasteiger partial charge < -0.3 is 10.1 Å². The topological polar surface area (TPSA) is 86.4 Å². The molecule has 2 amide bonds. The van der Waals surface area contributed by atoms with E-state index in [2.05, 4.69) is 58.2 Å². The number of ether oxygens (including phenoxy) is 1. The molecule has 196 valence electrons. The molecule has 0 saturated carbocycles. The van der Waals surface area contributed by atoms with Crippen molar-refractivity contribution in [2.45, 2.75) is 44.9 Å². The Labute approximate surface area is 217 Å². The van der Waals surface area contributed by atoms with Gasteiger partial charge in [0, 0.05) is 32.8 Å². The first-order valence-corrected chi connectivity index (χ1v) is 13.0. The van der Waals surface area contributed by atoms with Gasteiger partial charge in [0.2, 0.25) is 11.8 Å². The minimum atomic E-state index is -0.440. The number of unbranched alkanes of at least 4 members (excludes halogenated alkanes) is 1. The first-order valence-electron chi connectivity index (χ1n) is 13.0. The molecule has 0 aliphatic carbocycles. The number of likely N-dealkylation sites (N-methyl/N-ethyl adjacent to an activating group) is 1. The van der Waals surface area contributed by atoms with Crippen LogP contribution in [0.3, 0.4) is 0 Å². The fourth-order valence-corrected chi connectivity index (χ4v) is 4.93. The molecule has 0 bridgehead atoms. The number of imide groups is 1. The summed E-state index contributed by atoms with van der Waals surface area (Å²) < 4.78 is 6.01. The predicted molar refractivity (Wildman–Crippen MR) is 140 cm³/mol. The molecule has 9 nitrogen and oxygen atoms in total. The molecule has 37 heavy (non-hydrogen) atoms. The van der Waals surface area contributed by atoms with Gasteiger partial charge in [-0.2, -0.15) is 5.06 Å². The monoisotopic (exact) mass is 505 g/mol. The second kappa shape index (κ2) is 11.9. The Kier molecular flexibility index (Phi) is 8.15. The third kappa shape index (κ3) is 6.37. The summed E-state index contributed by atoms with van der Waals surface area (Å²) in [5, 5.41) is 12.1. The van der Waals surface area contributed by atoms with Crippen LogP contribution in [0.4, 0.5) is 5.69 Å². The first kappa shape index (κ1) is 25.4. The van der Waals surface area contributed by atoms with Gasteiger partial charge in [-0.1, -0.05) is 24.3 Å². The maximum Gasteiger partial charge on any atom is 0.246 e. The number of hydroxylamine groups is 2. The average Bonchev–Trinajstić information content (AvgIpc) is 3.28. The number of amides is 2. The Morgan fingerprint density at radius 2 is 1.95 bits per heavy atom. The van der Waals surface area contributed by atoms with E-state index in [0.717, 1.165) is 49.4 Å². The Hall–Kier alpha value is -3.24. The van der Waals surface area contributed by atoms with Crippen LogP contribution < -0.4 is 20.4 Å². The molecule has 1 unspecified atom stereocenters. The van der Waals surface area contributed by atoms with Crippen LogP contribution in [0, 0.1) is 0 Å². The summed E-state index contributed by atoms with van der Waals surface area (Å²) in [6, 6.07) is 16.0. The molecule has 2 aromatic rings. The summed E-state index contributed by atoms with van der Waals surface area (Å²) in [4.78, 5) is 29.4. The molecule has 2 aromatic carbocycles. The second-order valence-electron chi connectivity index (χ2n) is 9.76. The zero-order valence-corrected chi connectivity index (χ0v) is 21.3. The van der Waals surface area contributed by atoms with Crippen LogP contribution >= 0.6 is 0 Å². The zero-order chi connectivity index (χ0) is 25.6. The minimum Gasteiger partial charge on any atom is -0.494 e. The van der Waals surface area contributed by atoms with Gasteiger partial charge in [-0.05, 0) is 66.8 Å². The molecule has 0 aromatic heterocycles. The standard InChI is InChI=1S/C28H35N5O4/c1-31-17-21(18-32(31)24-7-3-2-4-8-24)16-29-13-5-6-14-36-25-10-9-22-20-37-33(19-23(22)15-25)26-11-12-27(34)30-28(26)35/h2-4,7-10,15,18,26,29H,5-6,11-14,16-17,19-20H2,1H3,(H,30,34,35). The number of anilines is 1. The number of nitrogens with one attached hydrogen (secondary N) is 2. The van der Waals surface area contributed by atoms with Crippen molar-refractivity contribution in [3.63, 3.8) is 0 Å². The van der Waals surface area contributed by atoms with Gasteiger partial charge in [0.15, 0.2) is 0 Å². The lowest BCUT2D eigenvalue weighted by atomic mass is 10.0. The van der Waals surface area contributed by atoms with E-state index >= 15 is 0 Å². The van der Waals surface area contributed by atoms with Crippen molar-refractivity contribution >= 4 is 17.5 Å². The number of hydrazine groups is 1. The third-order valence-electron chi connectivity index (χ3n) is 6.94. The van der Waals surface area contributed by atoms with Gasteiger partial charge in [-0.3, -0.25) is 24.8 Å². The van der Waals surface area contributed by atoms with Gasteiger partial charge in [-0.25, -0.2) is 5.01 Å². The molecular weight excluding hydrogens is 470 g/mol. The van der Waals surface area contributed by atoms with Crippen molar-refractivity contribution in [3.05, 3.63) is 71.4 Å². The minimum absolute atomic E-state index is 0.220. The number of para-hydroxylation sites is 1. The third-order valence-corrected chi connectivity index (χ3v) is 6.94. The van der Waals surface area contributed by atoms with Crippen LogP contribution in [0.1, 0.15) is 36.8 Å². The van der Waals surface area contributed by atoms with Crippen molar-refractivity contribution in [2.24, 2.45) is 0 Å². The Bertz CT molecular complexity index is 1140. The van der Waals surface area contributed by atoms with Crippen LogP contribution in [0.25, 0.3) is 0 Å². The largest absolute Gasteiger partial charge is 0.494 e. The van der Waals surface area contributed by atoms with E-state index in [4.69, 9.17) is 9.57 Å². The number of carbonyl (C=O) groups is 2. The second-order valence-corrected chi connectivity index (χ2v) is 9.76. The van der Waals surface area contributed by atoms with Gasteiger partial charge in [0.05, 0.1) is 25.4 Å². The van der Waals surface area contributed by atoms with Crippen LogP contribution in [0.2, 0.25) is 0 Å². The smallest absolute Gasteiger partial charge is 0.246 e. The highest BCUT2D eigenvalue weighted by atomic mass is 16.7. The zero-order valence-electron chi connectivity index (χ0n) is 21.3. The molecule has 1 saturated heterocycles. The van der Waals surface area contributed by atoms with Crippen molar-refractivity contribution in [2.75, 3.05) is 38.3 Å². The lowest BCUT2D eigenvalue weighted by Gasteiger charge is -2.35. The maximum atomic E-state index is 12.2. The fraction of sp³-hybridized carbons (Fsp3) is 0.429. The summed E-state index contributed by atoms with van der Waals surface area (Å²) in [5.41, 5.74) is 4.73. The van der Waals surface area contributed by atoms with Crippen LogP contribution in [0.15, 0.2) is 60.3 Å². The molecule has 9 heteroatoms. The highest BCUT2D eigenvalue weighted by Gasteiger charge is 2.34. The van der Waals surface area contributed by atoms with E-state index in [1.807, 2.05) is 24.3 Å². The number of carbonyl (C=O) groups excluding carboxylic acids is 2. The Balaban J connectivity index is 1.01. The molecule has 3 heterocycles. The van der Waals surface area contributed by atoms with Crippen molar-refractivity contribution in [1.29, 1.82) is 0 Å². The fourth-order valence-electron chi connectivity index (χ4n) is 4.93. The normalized spacial score (nSPS) is 20.5. The molecule has 5 rings (SSSR count). The van der Waals surface area contributed by atoms with E-state index < -0.39 is 6.04 Å². The summed E-state index contributed by atoms with van der Waals surface area (Å²) >= 11 is 0. The average molecular weight is 506 g/mol. The first-order chi connectivity index (χ1) is 18.1. The molecule has 0 radical (unpaired) electrons. The van der Waals surface area contributed by atoms with Gasteiger partial charge in [0.25, 0.3) is 0 Å². The molecule has 3 aliphatic heterocycles. The number of nitrogens with zero attached hydrogens (tertiary/aromatic N) is 3. The maximum absolute atomic E-state index is 12.2. The lowest BCUT2D eigenvalue weighted by molar-refractivity contribution is -0.216. The number of rotatable bonds is 10. The van der Waals surface area contributed by atoms with Crippen LogP contribution in [-0.4, -0.2) is 61.2 Å². The van der Waals surface area contributed by atoms with E-state index in [9.17, 15) is 9.59 Å². The number of benzene rings is 2. The van der Waals surface area contributed by atoms with E-state index in [-0.39, 0.29) is 11.8 Å². The SMILES string of the molecule is CN1CC(CNCCCCOc2ccc3c(c2)CN(C2CCC(=O)NC2=O)OC3)=CN1c1ccccc1. The lowest BCUT2D eigenvalue weighted by Crippen LogP contribution is -2.52. The van der Waals surface area contributed by atoms with Crippen molar-refractivity contribution in [1.82, 2.24) is 20.7 Å². The summed E-state index contributed by atoms with van der Waals surface area (Å²) in [6.07, 6.45) is 5.03. The molecular formula is C28H35N5O4. The van der Waals surface area contributed by atoms with E-state index in [1.54, 1.807) is 5.06 Å². The summed E-state index contributed by atoms with van der Waals surface area (Å²) in [7, 11) is 2.11. The highest BCUT2D eigenvalue weighted by molar-refractivity contribution is 6.00. The van der Waals surface area contributed by atoms with Crippen molar-refractivity contribution < 1.29 is 19.2 Å². The summed E-state index contributed by atoms with van der Waals surface area (Å²) in [5.74, 6) is 0.324. The van der Waals surface area contributed by atoms with Crippen LogP contribution in [-0.2, 0) is 27.6 Å². The predicted octanol–water partition coefficient (Wildman–Crippen LogP) is 2.74. The molecule has 3 aliphatic rings. The van der Waals surface area contributed by atoms with Crippen molar-refractivity contribution in [3.8, 4) is 5.75 Å². The van der Waals surface area contributed by atoms with Crippen LogP contribution in [0.5, 0.6) is 5.75 Å². The molecule has 0 spiro atoms. The molecule has 1 fully saturated rings. The van der Waals surface area contributed by atoms with E-state index in [0.29, 0.717) is 32.6 Å². The Morgan fingerprint density at radius 3 is 2.78 bits per heavy atom. The number of hydrogen-bond donors (Lipinski definition) is 2. The van der Waals surface area contributed by atoms with E-state index in [1.165, 1.54) is 11.3 Å². The quantitative estimate of drug-likeness (QED) is 0.377. The van der Waals surface area contributed by atoms with Gasteiger partial charge in [-0.15, -0.1) is 0 Å². The molecule has 2 N–H and O–H groups in total. The van der Waals surface area contributed by atoms with Gasteiger partial charge in [0.1, 0.15) is 11.8 Å².